The highest BCUT2D eigenvalue weighted by Crippen LogP contribution is 2.36. The minimum Gasteiger partial charge on any atom is -0.474 e. The van der Waals surface area contributed by atoms with Crippen LogP contribution in [0, 0.1) is 6.92 Å². The fourth-order valence-corrected chi connectivity index (χ4v) is 3.35. The minimum absolute atomic E-state index is 0.0345. The predicted molar refractivity (Wildman–Crippen MR) is 100 cm³/mol. The molecule has 2 aromatic heterocycles. The molecule has 2 aromatic rings. The van der Waals surface area contributed by atoms with Crippen molar-refractivity contribution < 1.29 is 27.4 Å². The van der Waals surface area contributed by atoms with Crippen molar-refractivity contribution in [3.05, 3.63) is 23.8 Å². The van der Waals surface area contributed by atoms with Crippen molar-refractivity contribution in [1.82, 2.24) is 19.9 Å². The highest BCUT2D eigenvalue weighted by molar-refractivity contribution is 5.64. The number of nitrogens with zero attached hydrogens (tertiary/aromatic N) is 5. The van der Waals surface area contributed by atoms with Crippen LogP contribution in [0.15, 0.2) is 12.3 Å². The molecule has 0 spiro atoms. The van der Waals surface area contributed by atoms with Gasteiger partial charge in [0.25, 0.3) is 0 Å². The van der Waals surface area contributed by atoms with Crippen molar-refractivity contribution in [3.8, 4) is 17.1 Å². The molecule has 0 radical (unpaired) electrons. The minimum atomic E-state index is -4.64. The van der Waals surface area contributed by atoms with Crippen LogP contribution in [0.3, 0.4) is 0 Å². The number of aromatic nitrogens is 4. The van der Waals surface area contributed by atoms with Gasteiger partial charge in [0, 0.05) is 43.8 Å². The van der Waals surface area contributed by atoms with Crippen LogP contribution in [0.25, 0.3) is 11.3 Å². The van der Waals surface area contributed by atoms with Crippen molar-refractivity contribution in [1.29, 1.82) is 0 Å². The molecule has 2 fully saturated rings. The molecule has 0 bridgehead atoms. The Morgan fingerprint density at radius 2 is 1.73 bits per heavy atom. The van der Waals surface area contributed by atoms with Gasteiger partial charge in [-0.2, -0.15) is 18.2 Å². The van der Waals surface area contributed by atoms with Gasteiger partial charge in [-0.05, 0) is 6.92 Å². The second-order valence-corrected chi connectivity index (χ2v) is 7.10. The number of hydrogen-bond acceptors (Lipinski definition) is 8. The first-order chi connectivity index (χ1) is 14.4. The summed E-state index contributed by atoms with van der Waals surface area (Å²) in [5.41, 5.74) is -1.17. The van der Waals surface area contributed by atoms with E-state index in [0.717, 1.165) is 6.20 Å². The van der Waals surface area contributed by atoms with Crippen LogP contribution in [0.4, 0.5) is 19.1 Å². The number of aryl methyl sites for hydroxylation is 1. The fourth-order valence-electron chi connectivity index (χ4n) is 3.35. The second kappa shape index (κ2) is 8.68. The zero-order valence-electron chi connectivity index (χ0n) is 16.5. The third-order valence-electron chi connectivity index (χ3n) is 4.89. The number of morpholine rings is 1. The van der Waals surface area contributed by atoms with E-state index >= 15 is 0 Å². The smallest absolute Gasteiger partial charge is 0.434 e. The van der Waals surface area contributed by atoms with Crippen LogP contribution >= 0.6 is 0 Å². The van der Waals surface area contributed by atoms with Gasteiger partial charge < -0.3 is 19.1 Å². The molecule has 11 heteroatoms. The molecular weight excluding hydrogens is 403 g/mol. The Kier molecular flexibility index (Phi) is 6.00. The highest BCUT2D eigenvalue weighted by Gasteiger charge is 2.37. The number of halogens is 3. The maximum absolute atomic E-state index is 13.6. The van der Waals surface area contributed by atoms with Crippen molar-refractivity contribution in [2.45, 2.75) is 32.0 Å². The first-order valence-electron chi connectivity index (χ1n) is 9.77. The Balaban J connectivity index is 1.75. The van der Waals surface area contributed by atoms with E-state index in [9.17, 15) is 13.2 Å². The molecule has 2 aliphatic heterocycles. The maximum atomic E-state index is 13.6. The largest absolute Gasteiger partial charge is 0.474 e. The molecule has 4 rings (SSSR count). The molecule has 2 aliphatic rings. The van der Waals surface area contributed by atoms with Gasteiger partial charge in [0.2, 0.25) is 11.8 Å². The normalized spacial score (nSPS) is 18.5. The van der Waals surface area contributed by atoms with E-state index in [1.54, 1.807) is 0 Å². The summed E-state index contributed by atoms with van der Waals surface area (Å²) in [7, 11) is 0. The van der Waals surface area contributed by atoms with Gasteiger partial charge in [-0.3, -0.25) is 0 Å². The molecule has 30 heavy (non-hydrogen) atoms. The average molecular weight is 425 g/mol. The predicted octanol–water partition coefficient (Wildman–Crippen LogP) is 2.66. The first kappa shape index (κ1) is 20.7. The van der Waals surface area contributed by atoms with Crippen LogP contribution in [-0.2, 0) is 15.7 Å². The summed E-state index contributed by atoms with van der Waals surface area (Å²) in [6.07, 6.45) is -2.24. The molecular formula is C19H22F3N5O3. The van der Waals surface area contributed by atoms with Crippen molar-refractivity contribution in [2.75, 3.05) is 44.4 Å². The summed E-state index contributed by atoms with van der Waals surface area (Å²) in [6.45, 7) is 4.62. The summed E-state index contributed by atoms with van der Waals surface area (Å²) in [6, 6.07) is 1.42. The third kappa shape index (κ3) is 4.78. The van der Waals surface area contributed by atoms with Crippen molar-refractivity contribution in [3.63, 3.8) is 0 Å². The van der Waals surface area contributed by atoms with Gasteiger partial charge in [-0.25, -0.2) is 15.0 Å². The molecule has 0 amide bonds. The Labute approximate surface area is 171 Å². The molecule has 0 aromatic carbocycles. The summed E-state index contributed by atoms with van der Waals surface area (Å²) < 4.78 is 57.6. The quantitative estimate of drug-likeness (QED) is 0.740. The molecule has 0 N–H and O–H groups in total. The van der Waals surface area contributed by atoms with E-state index < -0.39 is 11.9 Å². The molecule has 162 valence electrons. The Hall–Kier alpha value is -2.53. The van der Waals surface area contributed by atoms with E-state index in [-0.39, 0.29) is 29.1 Å². The van der Waals surface area contributed by atoms with Gasteiger partial charge >= 0.3 is 6.18 Å². The number of hydrogen-bond donors (Lipinski definition) is 0. The van der Waals surface area contributed by atoms with E-state index in [1.165, 1.54) is 13.0 Å². The third-order valence-corrected chi connectivity index (χ3v) is 4.89. The zero-order valence-corrected chi connectivity index (χ0v) is 16.5. The zero-order chi connectivity index (χ0) is 21.1. The van der Waals surface area contributed by atoms with E-state index in [0.29, 0.717) is 58.3 Å². The van der Waals surface area contributed by atoms with Crippen LogP contribution in [0.1, 0.15) is 24.4 Å². The summed E-state index contributed by atoms with van der Waals surface area (Å²) >= 11 is 0. The van der Waals surface area contributed by atoms with Gasteiger partial charge in [-0.15, -0.1) is 0 Å². The van der Waals surface area contributed by atoms with Crippen LogP contribution < -0.4 is 9.64 Å². The SMILES string of the molecule is Cc1ncc(-c2cc(OC3CCOCC3)nc(N3CCOCC3)n2)c(C(F)(F)F)n1. The molecule has 0 atom stereocenters. The Morgan fingerprint density at radius 3 is 2.43 bits per heavy atom. The molecule has 4 heterocycles. The standard InChI is InChI=1S/C19H22F3N5O3/c1-12-23-11-14(17(24-12)19(20,21)22)15-10-16(30-13-2-6-28-7-3-13)26-18(25-15)27-4-8-29-9-5-27/h10-11,13H,2-9H2,1H3. The monoisotopic (exact) mass is 425 g/mol. The summed E-state index contributed by atoms with van der Waals surface area (Å²) in [4.78, 5) is 18.3. The topological polar surface area (TPSA) is 82.5 Å². The van der Waals surface area contributed by atoms with E-state index in [4.69, 9.17) is 14.2 Å². The lowest BCUT2D eigenvalue weighted by molar-refractivity contribution is -0.140. The van der Waals surface area contributed by atoms with Crippen molar-refractivity contribution >= 4 is 5.95 Å². The molecule has 2 saturated heterocycles. The summed E-state index contributed by atoms with van der Waals surface area (Å²) in [5, 5.41) is 0. The van der Waals surface area contributed by atoms with Gasteiger partial charge in [0.15, 0.2) is 5.69 Å². The lowest BCUT2D eigenvalue weighted by Gasteiger charge is -2.28. The van der Waals surface area contributed by atoms with Gasteiger partial charge in [-0.1, -0.05) is 0 Å². The maximum Gasteiger partial charge on any atom is 0.434 e. The van der Waals surface area contributed by atoms with Gasteiger partial charge in [0.1, 0.15) is 11.9 Å². The van der Waals surface area contributed by atoms with Gasteiger partial charge in [0.05, 0.1) is 32.1 Å². The Bertz CT molecular complexity index is 884. The van der Waals surface area contributed by atoms with Crippen molar-refractivity contribution in [2.24, 2.45) is 0 Å². The van der Waals surface area contributed by atoms with E-state index in [1.807, 2.05) is 4.90 Å². The number of rotatable bonds is 4. The number of alkyl halides is 3. The summed E-state index contributed by atoms with van der Waals surface area (Å²) in [5.74, 6) is 0.556. The number of ether oxygens (including phenoxy) is 3. The Morgan fingerprint density at radius 1 is 1.03 bits per heavy atom. The van der Waals surface area contributed by atoms with Crippen LogP contribution in [0.2, 0.25) is 0 Å². The molecule has 0 aliphatic carbocycles. The lowest BCUT2D eigenvalue weighted by atomic mass is 10.1. The second-order valence-electron chi connectivity index (χ2n) is 7.10. The molecule has 0 unspecified atom stereocenters. The highest BCUT2D eigenvalue weighted by atomic mass is 19.4. The average Bonchev–Trinajstić information content (AvgIpc) is 2.74. The van der Waals surface area contributed by atoms with Crippen LogP contribution in [0.5, 0.6) is 5.88 Å². The molecule has 8 nitrogen and oxygen atoms in total. The first-order valence-corrected chi connectivity index (χ1v) is 9.77. The van der Waals surface area contributed by atoms with Crippen LogP contribution in [-0.4, -0.2) is 65.6 Å². The fraction of sp³-hybridized carbons (Fsp3) is 0.579. The molecule has 0 saturated carbocycles. The number of anilines is 1. The lowest BCUT2D eigenvalue weighted by Crippen LogP contribution is -2.37. The van der Waals surface area contributed by atoms with E-state index in [2.05, 4.69) is 19.9 Å².